The van der Waals surface area contributed by atoms with E-state index in [-0.39, 0.29) is 41.9 Å². The summed E-state index contributed by atoms with van der Waals surface area (Å²) in [4.78, 5) is 78.4. The predicted octanol–water partition coefficient (Wildman–Crippen LogP) is -3.28. The molecule has 1 fully saturated rings. The minimum atomic E-state index is -0.746. The number of rotatable bonds is 6. The number of nitrogens with zero attached hydrogens (tertiary/aromatic N) is 6. The summed E-state index contributed by atoms with van der Waals surface area (Å²) in [6.45, 7) is 2.92. The Hall–Kier alpha value is -3.78. The van der Waals surface area contributed by atoms with Gasteiger partial charge in [-0.2, -0.15) is 0 Å². The fraction of sp³-hybridized carbons (Fsp3) is 0.524. The number of hydrogen-bond donors (Lipinski definition) is 2. The number of piperazine rings is 1. The molecule has 3 heterocycles. The van der Waals surface area contributed by atoms with Gasteiger partial charge in [-0.05, 0) is 6.92 Å². The molecule has 0 amide bonds. The normalized spacial score (nSPS) is 17.0. The molecule has 0 aliphatic carbocycles. The standard InChI is InChI=1S/C21H30N8O6/c1-11-8-28(9-12(30)14-16(22)24(2)20(34)26(4)18(14)32)6-7-29(11)10-13(31)15-17(23)25(3)21(35)27(5)19(15)33/h11H,6-10,22-23H2,1-5H3. The fourth-order valence-corrected chi connectivity index (χ4v) is 4.24. The zero-order valence-electron chi connectivity index (χ0n) is 20.4. The molecule has 0 saturated carbocycles. The highest BCUT2D eigenvalue weighted by molar-refractivity contribution is 6.01. The number of anilines is 2. The van der Waals surface area contributed by atoms with Crippen LogP contribution in [0.3, 0.4) is 0 Å². The number of aromatic nitrogens is 4. The second-order valence-corrected chi connectivity index (χ2v) is 8.83. The average molecular weight is 491 g/mol. The summed E-state index contributed by atoms with van der Waals surface area (Å²) in [5.74, 6) is -1.37. The maximum Gasteiger partial charge on any atom is 0.332 e. The van der Waals surface area contributed by atoms with Gasteiger partial charge < -0.3 is 11.5 Å². The molecule has 0 bridgehead atoms. The van der Waals surface area contributed by atoms with Gasteiger partial charge in [0.15, 0.2) is 11.6 Å². The second kappa shape index (κ2) is 9.46. The first-order valence-electron chi connectivity index (χ1n) is 10.9. The van der Waals surface area contributed by atoms with E-state index in [9.17, 15) is 28.8 Å². The molecular formula is C21H30N8O6. The molecule has 0 aromatic carbocycles. The van der Waals surface area contributed by atoms with Gasteiger partial charge in [0.1, 0.15) is 22.8 Å². The SMILES string of the molecule is CC1CN(CC(=O)c2c(N)n(C)c(=O)n(C)c2=O)CCN1CC(=O)c1c(N)n(C)c(=O)n(C)c1=O. The van der Waals surface area contributed by atoms with E-state index >= 15 is 0 Å². The molecule has 3 rings (SSSR count). The summed E-state index contributed by atoms with van der Waals surface area (Å²) in [7, 11) is 5.33. The lowest BCUT2D eigenvalue weighted by Gasteiger charge is -2.39. The molecule has 1 saturated heterocycles. The smallest absolute Gasteiger partial charge is 0.332 e. The number of ketones is 2. The molecule has 0 spiro atoms. The second-order valence-electron chi connectivity index (χ2n) is 8.83. The lowest BCUT2D eigenvalue weighted by molar-refractivity contribution is 0.0627. The number of nitrogens with two attached hydrogens (primary N) is 2. The van der Waals surface area contributed by atoms with E-state index in [0.29, 0.717) is 19.6 Å². The molecule has 4 N–H and O–H groups in total. The topological polar surface area (TPSA) is 181 Å². The molecule has 1 unspecified atom stereocenters. The van der Waals surface area contributed by atoms with E-state index in [1.54, 1.807) is 0 Å². The van der Waals surface area contributed by atoms with Crippen LogP contribution in [0.4, 0.5) is 11.6 Å². The third-order valence-corrected chi connectivity index (χ3v) is 6.54. The monoisotopic (exact) mass is 490 g/mol. The zero-order valence-corrected chi connectivity index (χ0v) is 20.4. The molecule has 14 nitrogen and oxygen atoms in total. The molecule has 2 aromatic heterocycles. The van der Waals surface area contributed by atoms with Gasteiger partial charge in [0.05, 0.1) is 13.1 Å². The maximum atomic E-state index is 12.9. The van der Waals surface area contributed by atoms with E-state index < -0.39 is 34.1 Å². The Bertz CT molecular complexity index is 1450. The first-order chi connectivity index (χ1) is 16.3. The van der Waals surface area contributed by atoms with Crippen LogP contribution in [0.2, 0.25) is 0 Å². The Morgan fingerprint density at radius 1 is 0.743 bits per heavy atom. The molecule has 14 heteroatoms. The van der Waals surface area contributed by atoms with E-state index in [1.807, 2.05) is 16.7 Å². The molecule has 35 heavy (non-hydrogen) atoms. The van der Waals surface area contributed by atoms with Crippen molar-refractivity contribution in [2.45, 2.75) is 13.0 Å². The minimum Gasteiger partial charge on any atom is -0.384 e. The van der Waals surface area contributed by atoms with Crippen molar-refractivity contribution in [2.24, 2.45) is 28.2 Å². The Kier molecular flexibility index (Phi) is 6.98. The highest BCUT2D eigenvalue weighted by atomic mass is 16.2. The van der Waals surface area contributed by atoms with Crippen molar-refractivity contribution >= 4 is 23.2 Å². The first-order valence-corrected chi connectivity index (χ1v) is 10.9. The maximum absolute atomic E-state index is 12.9. The summed E-state index contributed by atoms with van der Waals surface area (Å²) in [5, 5.41) is 0. The molecular weight excluding hydrogens is 460 g/mol. The van der Waals surface area contributed by atoms with Gasteiger partial charge in [-0.25, -0.2) is 9.59 Å². The van der Waals surface area contributed by atoms with Gasteiger partial charge in [-0.3, -0.25) is 47.2 Å². The molecule has 0 radical (unpaired) electrons. The summed E-state index contributed by atoms with van der Waals surface area (Å²) < 4.78 is 3.78. The Morgan fingerprint density at radius 3 is 1.60 bits per heavy atom. The summed E-state index contributed by atoms with van der Waals surface area (Å²) in [6, 6.07) is -0.168. The molecule has 1 atom stereocenters. The number of Topliss-reactive ketones (excluding diaryl/α,β-unsaturated/α-hetero) is 2. The van der Waals surface area contributed by atoms with Crippen molar-refractivity contribution < 1.29 is 9.59 Å². The van der Waals surface area contributed by atoms with Crippen LogP contribution in [-0.2, 0) is 28.2 Å². The third kappa shape index (κ3) is 4.49. The van der Waals surface area contributed by atoms with Gasteiger partial charge in [0.25, 0.3) is 11.1 Å². The zero-order chi connectivity index (χ0) is 26.4. The van der Waals surface area contributed by atoms with Crippen molar-refractivity contribution in [3.8, 4) is 0 Å². The minimum absolute atomic E-state index is 0.0853. The summed E-state index contributed by atoms with van der Waals surface area (Å²) in [6.07, 6.45) is 0. The molecule has 1 aliphatic heterocycles. The van der Waals surface area contributed by atoms with Crippen molar-refractivity contribution in [3.63, 3.8) is 0 Å². The van der Waals surface area contributed by atoms with Crippen molar-refractivity contribution in [1.29, 1.82) is 0 Å². The lowest BCUT2D eigenvalue weighted by Crippen LogP contribution is -2.55. The lowest BCUT2D eigenvalue weighted by atomic mass is 10.1. The number of carbonyl (C=O) groups is 2. The quantitative estimate of drug-likeness (QED) is 0.390. The van der Waals surface area contributed by atoms with Crippen LogP contribution in [0.15, 0.2) is 19.2 Å². The van der Waals surface area contributed by atoms with Gasteiger partial charge in [-0.1, -0.05) is 0 Å². The highest BCUT2D eigenvalue weighted by Crippen LogP contribution is 2.14. The number of hydrogen-bond acceptors (Lipinski definition) is 10. The Labute approximate surface area is 199 Å². The summed E-state index contributed by atoms with van der Waals surface area (Å²) >= 11 is 0. The Morgan fingerprint density at radius 2 is 1.17 bits per heavy atom. The largest absolute Gasteiger partial charge is 0.384 e. The van der Waals surface area contributed by atoms with Crippen molar-refractivity contribution in [2.75, 3.05) is 44.2 Å². The van der Waals surface area contributed by atoms with E-state index in [4.69, 9.17) is 11.5 Å². The van der Waals surface area contributed by atoms with Crippen LogP contribution >= 0.6 is 0 Å². The van der Waals surface area contributed by atoms with Crippen LogP contribution in [0.25, 0.3) is 0 Å². The van der Waals surface area contributed by atoms with Crippen molar-refractivity contribution in [1.82, 2.24) is 28.1 Å². The molecule has 190 valence electrons. The van der Waals surface area contributed by atoms with Crippen LogP contribution in [0.1, 0.15) is 27.6 Å². The van der Waals surface area contributed by atoms with Crippen LogP contribution in [0, 0.1) is 0 Å². The van der Waals surface area contributed by atoms with Crippen LogP contribution < -0.4 is 34.0 Å². The van der Waals surface area contributed by atoms with E-state index in [0.717, 1.165) is 18.3 Å². The molecule has 1 aliphatic rings. The van der Waals surface area contributed by atoms with Gasteiger partial charge in [0, 0.05) is 53.9 Å². The fourth-order valence-electron chi connectivity index (χ4n) is 4.24. The number of carbonyl (C=O) groups excluding carboxylic acids is 2. The third-order valence-electron chi connectivity index (χ3n) is 6.54. The number of nitrogen functional groups attached to an aromatic ring is 2. The van der Waals surface area contributed by atoms with Crippen molar-refractivity contribution in [3.05, 3.63) is 52.8 Å². The first kappa shape index (κ1) is 25.8. The van der Waals surface area contributed by atoms with Crippen LogP contribution in [0.5, 0.6) is 0 Å². The van der Waals surface area contributed by atoms with Crippen LogP contribution in [-0.4, -0.2) is 78.4 Å². The van der Waals surface area contributed by atoms with Gasteiger partial charge >= 0.3 is 11.4 Å². The predicted molar refractivity (Wildman–Crippen MR) is 129 cm³/mol. The molecule has 2 aromatic rings. The van der Waals surface area contributed by atoms with Gasteiger partial charge in [-0.15, -0.1) is 0 Å². The Balaban J connectivity index is 1.73. The van der Waals surface area contributed by atoms with Gasteiger partial charge in [0.2, 0.25) is 0 Å². The summed E-state index contributed by atoms with van der Waals surface area (Å²) in [5.41, 5.74) is 8.56. The highest BCUT2D eigenvalue weighted by Gasteiger charge is 2.30. The van der Waals surface area contributed by atoms with E-state index in [2.05, 4.69) is 0 Å². The van der Waals surface area contributed by atoms with E-state index in [1.165, 1.54) is 28.2 Å². The average Bonchev–Trinajstić information content (AvgIpc) is 2.81.